The number of amides is 4. The van der Waals surface area contributed by atoms with Crippen molar-refractivity contribution in [2.75, 3.05) is 13.1 Å². The molecule has 0 heterocycles. The van der Waals surface area contributed by atoms with Crippen LogP contribution in [0.1, 0.15) is 119 Å². The number of ether oxygens (including phenoxy) is 2. The van der Waals surface area contributed by atoms with Crippen molar-refractivity contribution in [2.45, 2.75) is 142 Å². The fourth-order valence-corrected chi connectivity index (χ4v) is 5.49. The minimum atomic E-state index is -0.707. The zero-order valence-electron chi connectivity index (χ0n) is 25.7. The van der Waals surface area contributed by atoms with E-state index in [1.165, 1.54) is 12.8 Å². The number of nitrogens with one attached hydrogen (secondary N) is 4. The molecule has 10 nitrogen and oxygen atoms in total. The molecular formula is C30H54N4O6. The van der Waals surface area contributed by atoms with Crippen LogP contribution in [-0.4, -0.2) is 60.4 Å². The average molecular weight is 567 g/mol. The van der Waals surface area contributed by atoms with E-state index >= 15 is 0 Å². The lowest BCUT2D eigenvalue weighted by Crippen LogP contribution is -2.52. The summed E-state index contributed by atoms with van der Waals surface area (Å²) < 4.78 is 10.8. The lowest BCUT2D eigenvalue weighted by Gasteiger charge is -2.28. The minimum absolute atomic E-state index is 0.199. The van der Waals surface area contributed by atoms with Crippen molar-refractivity contribution in [1.82, 2.24) is 21.3 Å². The zero-order valence-corrected chi connectivity index (χ0v) is 25.7. The minimum Gasteiger partial charge on any atom is -0.444 e. The third-order valence-electron chi connectivity index (χ3n) is 7.33. The van der Waals surface area contributed by atoms with E-state index in [0.717, 1.165) is 51.4 Å². The largest absolute Gasteiger partial charge is 0.444 e. The van der Waals surface area contributed by atoms with Crippen molar-refractivity contribution in [3.8, 4) is 0 Å². The maximum absolute atomic E-state index is 13.1. The maximum Gasteiger partial charge on any atom is 0.408 e. The highest BCUT2D eigenvalue weighted by Crippen LogP contribution is 2.28. The first-order chi connectivity index (χ1) is 18.7. The summed E-state index contributed by atoms with van der Waals surface area (Å²) >= 11 is 0. The zero-order chi connectivity index (χ0) is 29.8. The van der Waals surface area contributed by atoms with E-state index in [4.69, 9.17) is 9.47 Å². The highest BCUT2D eigenvalue weighted by Gasteiger charge is 2.29. The summed E-state index contributed by atoms with van der Waals surface area (Å²) in [7, 11) is 0. The van der Waals surface area contributed by atoms with E-state index in [-0.39, 0.29) is 24.9 Å². The summed E-state index contributed by atoms with van der Waals surface area (Å²) in [5.74, 6) is 0.157. The van der Waals surface area contributed by atoms with E-state index in [9.17, 15) is 19.2 Å². The van der Waals surface area contributed by atoms with Crippen molar-refractivity contribution in [1.29, 1.82) is 0 Å². The van der Waals surface area contributed by atoms with Crippen LogP contribution in [0.4, 0.5) is 9.59 Å². The molecule has 0 aromatic heterocycles. The van der Waals surface area contributed by atoms with Gasteiger partial charge in [0, 0.05) is 13.1 Å². The smallest absolute Gasteiger partial charge is 0.408 e. The highest BCUT2D eigenvalue weighted by molar-refractivity contribution is 5.86. The van der Waals surface area contributed by atoms with Crippen LogP contribution in [0.15, 0.2) is 0 Å². The average Bonchev–Trinajstić information content (AvgIpc) is 2.84. The molecule has 2 atom stereocenters. The fourth-order valence-electron chi connectivity index (χ4n) is 5.49. The van der Waals surface area contributed by atoms with Crippen molar-refractivity contribution in [3.05, 3.63) is 0 Å². The lowest BCUT2D eigenvalue weighted by atomic mass is 9.84. The van der Waals surface area contributed by atoms with Gasteiger partial charge in [-0.25, -0.2) is 9.59 Å². The molecule has 2 rings (SSSR count). The van der Waals surface area contributed by atoms with Crippen LogP contribution in [-0.2, 0) is 19.1 Å². The van der Waals surface area contributed by atoms with Gasteiger partial charge in [0.1, 0.15) is 23.3 Å². The molecule has 0 radical (unpaired) electrons. The first-order valence-corrected chi connectivity index (χ1v) is 15.3. The second-order valence-corrected chi connectivity index (χ2v) is 13.5. The molecule has 0 unspecified atom stereocenters. The van der Waals surface area contributed by atoms with Gasteiger partial charge in [0.05, 0.1) is 0 Å². The first kappa shape index (κ1) is 33.7. The Hall–Kier alpha value is -2.52. The number of alkyl carbamates (subject to hydrolysis) is 2. The summed E-state index contributed by atoms with van der Waals surface area (Å²) in [6.07, 6.45) is 11.0. The SMILES string of the molecule is CC(C)(C)OC(=O)N[C@@H](CC1CCCCC1)C(=O)NCCNC(=O)[C@H](CC1CCCCC1)NC(=O)OC(C)(C)C. The second-order valence-electron chi connectivity index (χ2n) is 13.5. The van der Waals surface area contributed by atoms with Gasteiger partial charge >= 0.3 is 12.2 Å². The van der Waals surface area contributed by atoms with Crippen LogP contribution in [0.25, 0.3) is 0 Å². The van der Waals surface area contributed by atoms with Gasteiger partial charge in [-0.05, 0) is 66.2 Å². The normalized spacial score (nSPS) is 18.6. The molecule has 0 aliphatic heterocycles. The van der Waals surface area contributed by atoms with Gasteiger partial charge in [0.15, 0.2) is 0 Å². The molecule has 2 aliphatic carbocycles. The van der Waals surface area contributed by atoms with Gasteiger partial charge < -0.3 is 30.7 Å². The molecule has 230 valence electrons. The number of hydrogen-bond acceptors (Lipinski definition) is 6. The Morgan fingerprint density at radius 3 is 1.23 bits per heavy atom. The molecule has 10 heteroatoms. The van der Waals surface area contributed by atoms with Gasteiger partial charge in [-0.15, -0.1) is 0 Å². The van der Waals surface area contributed by atoms with Gasteiger partial charge in [-0.2, -0.15) is 0 Å². The van der Waals surface area contributed by atoms with Crippen molar-refractivity contribution < 1.29 is 28.7 Å². The van der Waals surface area contributed by atoms with E-state index in [1.807, 2.05) is 0 Å². The predicted octanol–water partition coefficient (Wildman–Crippen LogP) is 4.95. The Morgan fingerprint density at radius 2 is 0.925 bits per heavy atom. The van der Waals surface area contributed by atoms with Crippen molar-refractivity contribution >= 4 is 24.0 Å². The Labute approximate surface area is 240 Å². The lowest BCUT2D eigenvalue weighted by molar-refractivity contribution is -0.125. The van der Waals surface area contributed by atoms with Crippen LogP contribution in [0, 0.1) is 11.8 Å². The van der Waals surface area contributed by atoms with Crippen molar-refractivity contribution in [3.63, 3.8) is 0 Å². The molecule has 40 heavy (non-hydrogen) atoms. The summed E-state index contributed by atoms with van der Waals surface area (Å²) in [6.45, 7) is 11.1. The Kier molecular flexibility index (Phi) is 13.5. The number of carbonyl (C=O) groups excluding carboxylic acids is 4. The molecule has 4 N–H and O–H groups in total. The summed E-state index contributed by atoms with van der Waals surface area (Å²) in [5, 5.41) is 11.2. The van der Waals surface area contributed by atoms with Crippen molar-refractivity contribution in [2.24, 2.45) is 11.8 Å². The molecular weight excluding hydrogens is 512 g/mol. The molecule has 2 aliphatic rings. The molecule has 0 aromatic rings. The van der Waals surface area contributed by atoms with Crippen LogP contribution in [0.2, 0.25) is 0 Å². The third kappa shape index (κ3) is 14.2. The summed E-state index contributed by atoms with van der Waals surface area (Å²) in [5.41, 5.74) is -1.33. The number of rotatable bonds is 11. The maximum atomic E-state index is 13.1. The topological polar surface area (TPSA) is 135 Å². The van der Waals surface area contributed by atoms with Gasteiger partial charge in [0.25, 0.3) is 0 Å². The highest BCUT2D eigenvalue weighted by atomic mass is 16.6. The van der Waals surface area contributed by atoms with E-state index in [2.05, 4.69) is 21.3 Å². The van der Waals surface area contributed by atoms with E-state index in [0.29, 0.717) is 24.7 Å². The van der Waals surface area contributed by atoms with Crippen LogP contribution < -0.4 is 21.3 Å². The molecule has 2 fully saturated rings. The van der Waals surface area contributed by atoms with Crippen LogP contribution >= 0.6 is 0 Å². The predicted molar refractivity (Wildman–Crippen MR) is 155 cm³/mol. The number of carbonyl (C=O) groups is 4. The molecule has 2 saturated carbocycles. The fraction of sp³-hybridized carbons (Fsp3) is 0.867. The number of hydrogen-bond donors (Lipinski definition) is 4. The third-order valence-corrected chi connectivity index (χ3v) is 7.33. The molecule has 0 saturated heterocycles. The Bertz CT molecular complexity index is 755. The standard InChI is InChI=1S/C30H54N4O6/c1-29(2,3)39-27(37)33-23(19-21-13-9-7-10-14-21)25(35)31-17-18-32-26(36)24(20-22-15-11-8-12-16-22)34-28(38)40-30(4,5)6/h21-24H,7-20H2,1-6H3,(H,31,35)(H,32,36)(H,33,37)(H,34,38)/t23-,24-/m0/s1. The van der Waals surface area contributed by atoms with Gasteiger partial charge in [-0.1, -0.05) is 64.2 Å². The molecule has 0 spiro atoms. The quantitative estimate of drug-likeness (QED) is 0.262. The Morgan fingerprint density at radius 1 is 0.600 bits per heavy atom. The molecule has 0 bridgehead atoms. The summed E-state index contributed by atoms with van der Waals surface area (Å²) in [6, 6.07) is -1.41. The molecule has 4 amide bonds. The Balaban J connectivity index is 1.90. The van der Waals surface area contributed by atoms with E-state index in [1.54, 1.807) is 41.5 Å². The van der Waals surface area contributed by atoms with Crippen LogP contribution in [0.3, 0.4) is 0 Å². The van der Waals surface area contributed by atoms with Gasteiger partial charge in [0.2, 0.25) is 11.8 Å². The molecule has 0 aromatic carbocycles. The summed E-state index contributed by atoms with van der Waals surface area (Å²) in [4.78, 5) is 51.0. The monoisotopic (exact) mass is 566 g/mol. The van der Waals surface area contributed by atoms with Gasteiger partial charge in [-0.3, -0.25) is 9.59 Å². The van der Waals surface area contributed by atoms with Crippen LogP contribution in [0.5, 0.6) is 0 Å². The van der Waals surface area contributed by atoms with E-state index < -0.39 is 35.5 Å². The first-order valence-electron chi connectivity index (χ1n) is 15.3. The second kappa shape index (κ2) is 16.1.